The molecule has 1 aromatic carbocycles. The Morgan fingerprint density at radius 2 is 2.25 bits per heavy atom. The average molecular weight is 246 g/mol. The second kappa shape index (κ2) is 6.84. The maximum atomic E-state index is 13.4. The molecule has 0 radical (unpaired) electrons. The number of benzene rings is 1. The fourth-order valence-electron chi connectivity index (χ4n) is 1.43. The molecule has 0 aliphatic heterocycles. The van der Waals surface area contributed by atoms with E-state index in [1.807, 2.05) is 6.92 Å². The van der Waals surface area contributed by atoms with Gasteiger partial charge in [-0.3, -0.25) is 0 Å². The second-order valence-corrected chi connectivity index (χ2v) is 4.15. The van der Waals surface area contributed by atoms with E-state index in [1.165, 1.54) is 6.07 Å². The first-order chi connectivity index (χ1) is 7.65. The van der Waals surface area contributed by atoms with Gasteiger partial charge in [-0.2, -0.15) is 0 Å². The van der Waals surface area contributed by atoms with Crippen molar-refractivity contribution in [1.82, 2.24) is 0 Å². The van der Waals surface area contributed by atoms with E-state index < -0.39 is 0 Å². The molecular formula is C12H17ClFNO. The Labute approximate surface area is 101 Å². The van der Waals surface area contributed by atoms with Crippen LogP contribution in [0.1, 0.15) is 18.9 Å². The SMILES string of the molecule is CCCOCC(N)Cc1c(F)cccc1Cl. The summed E-state index contributed by atoms with van der Waals surface area (Å²) in [4.78, 5) is 0. The van der Waals surface area contributed by atoms with E-state index in [2.05, 4.69) is 0 Å². The van der Waals surface area contributed by atoms with Crippen molar-refractivity contribution in [2.45, 2.75) is 25.8 Å². The summed E-state index contributed by atoms with van der Waals surface area (Å²) in [7, 11) is 0. The molecule has 1 atom stereocenters. The summed E-state index contributed by atoms with van der Waals surface area (Å²) in [6.07, 6.45) is 1.35. The highest BCUT2D eigenvalue weighted by molar-refractivity contribution is 6.31. The third-order valence-corrected chi connectivity index (χ3v) is 2.56. The fourth-order valence-corrected chi connectivity index (χ4v) is 1.67. The Balaban J connectivity index is 2.52. The van der Waals surface area contributed by atoms with Crippen LogP contribution >= 0.6 is 11.6 Å². The van der Waals surface area contributed by atoms with Gasteiger partial charge in [0.1, 0.15) is 5.82 Å². The molecule has 2 N–H and O–H groups in total. The second-order valence-electron chi connectivity index (χ2n) is 3.74. The zero-order chi connectivity index (χ0) is 12.0. The van der Waals surface area contributed by atoms with E-state index in [-0.39, 0.29) is 11.9 Å². The molecule has 0 aromatic heterocycles. The maximum absolute atomic E-state index is 13.4. The minimum absolute atomic E-state index is 0.221. The monoisotopic (exact) mass is 245 g/mol. The van der Waals surface area contributed by atoms with Gasteiger partial charge >= 0.3 is 0 Å². The Hall–Kier alpha value is -0.640. The standard InChI is InChI=1S/C12H17ClFNO/c1-2-6-16-8-9(15)7-10-11(13)4-3-5-12(10)14/h3-5,9H,2,6-8,15H2,1H3. The van der Waals surface area contributed by atoms with E-state index in [9.17, 15) is 4.39 Å². The number of halogens is 2. The average Bonchev–Trinajstić information content (AvgIpc) is 2.24. The zero-order valence-corrected chi connectivity index (χ0v) is 10.1. The third-order valence-electron chi connectivity index (χ3n) is 2.21. The number of hydrogen-bond donors (Lipinski definition) is 1. The summed E-state index contributed by atoms with van der Waals surface area (Å²) in [6.45, 7) is 3.14. The van der Waals surface area contributed by atoms with Gasteiger partial charge in [0.2, 0.25) is 0 Å². The lowest BCUT2D eigenvalue weighted by Gasteiger charge is -2.13. The molecule has 0 heterocycles. The Bertz CT molecular complexity index is 313. The van der Waals surface area contributed by atoms with Crippen LogP contribution in [-0.2, 0) is 11.2 Å². The van der Waals surface area contributed by atoms with Crippen molar-refractivity contribution < 1.29 is 9.13 Å². The summed E-state index contributed by atoms with van der Waals surface area (Å²) in [5.41, 5.74) is 6.30. The molecule has 0 fully saturated rings. The first-order valence-corrected chi connectivity index (χ1v) is 5.79. The van der Waals surface area contributed by atoms with Crippen molar-refractivity contribution in [2.24, 2.45) is 5.73 Å². The van der Waals surface area contributed by atoms with Crippen LogP contribution in [0.3, 0.4) is 0 Å². The molecular weight excluding hydrogens is 229 g/mol. The molecule has 0 spiro atoms. The summed E-state index contributed by atoms with van der Waals surface area (Å²) >= 11 is 5.90. The van der Waals surface area contributed by atoms with Gasteiger partial charge in [0.15, 0.2) is 0 Å². The van der Waals surface area contributed by atoms with Crippen LogP contribution in [0, 0.1) is 5.82 Å². The van der Waals surface area contributed by atoms with Gasteiger partial charge in [-0.05, 0) is 25.0 Å². The molecule has 90 valence electrons. The molecule has 4 heteroatoms. The van der Waals surface area contributed by atoms with Crippen LogP contribution in [0.25, 0.3) is 0 Å². The minimum Gasteiger partial charge on any atom is -0.380 e. The van der Waals surface area contributed by atoms with Gasteiger partial charge in [-0.15, -0.1) is 0 Å². The molecule has 0 saturated carbocycles. The molecule has 0 aliphatic carbocycles. The van der Waals surface area contributed by atoms with Crippen LogP contribution in [-0.4, -0.2) is 19.3 Å². The van der Waals surface area contributed by atoms with Crippen LogP contribution in [0.5, 0.6) is 0 Å². The smallest absolute Gasteiger partial charge is 0.127 e. The molecule has 16 heavy (non-hydrogen) atoms. The third kappa shape index (κ3) is 4.08. The number of rotatable bonds is 6. The van der Waals surface area contributed by atoms with Crippen molar-refractivity contribution in [1.29, 1.82) is 0 Å². The van der Waals surface area contributed by atoms with E-state index >= 15 is 0 Å². The molecule has 1 unspecified atom stereocenters. The molecule has 1 aromatic rings. The molecule has 0 aliphatic rings. The molecule has 0 amide bonds. The number of hydrogen-bond acceptors (Lipinski definition) is 2. The summed E-state index contributed by atoms with van der Waals surface area (Å²) in [6, 6.07) is 4.42. The number of ether oxygens (including phenoxy) is 1. The van der Waals surface area contributed by atoms with Crippen LogP contribution in [0.15, 0.2) is 18.2 Å². The van der Waals surface area contributed by atoms with Gasteiger partial charge in [0.05, 0.1) is 6.61 Å². The lowest BCUT2D eigenvalue weighted by Crippen LogP contribution is -2.29. The predicted molar refractivity (Wildman–Crippen MR) is 64.2 cm³/mol. The molecule has 1 rings (SSSR count). The normalized spacial score (nSPS) is 12.8. The van der Waals surface area contributed by atoms with Gasteiger partial charge in [0.25, 0.3) is 0 Å². The van der Waals surface area contributed by atoms with Gasteiger partial charge in [-0.1, -0.05) is 24.6 Å². The van der Waals surface area contributed by atoms with Crippen LogP contribution in [0.2, 0.25) is 5.02 Å². The number of nitrogens with two attached hydrogens (primary N) is 1. The van der Waals surface area contributed by atoms with Gasteiger partial charge < -0.3 is 10.5 Å². The molecule has 0 saturated heterocycles. The van der Waals surface area contributed by atoms with E-state index in [0.29, 0.717) is 30.2 Å². The van der Waals surface area contributed by atoms with Crippen molar-refractivity contribution in [3.8, 4) is 0 Å². The summed E-state index contributed by atoms with van der Waals surface area (Å²) in [5, 5.41) is 0.422. The highest BCUT2D eigenvalue weighted by atomic mass is 35.5. The lowest BCUT2D eigenvalue weighted by molar-refractivity contribution is 0.121. The van der Waals surface area contributed by atoms with Crippen molar-refractivity contribution in [3.05, 3.63) is 34.6 Å². The Morgan fingerprint density at radius 3 is 2.88 bits per heavy atom. The summed E-state index contributed by atoms with van der Waals surface area (Å²) < 4.78 is 18.7. The Kier molecular flexibility index (Phi) is 5.74. The van der Waals surface area contributed by atoms with Gasteiger partial charge in [-0.25, -0.2) is 4.39 Å². The van der Waals surface area contributed by atoms with E-state index in [0.717, 1.165) is 6.42 Å². The first kappa shape index (κ1) is 13.4. The topological polar surface area (TPSA) is 35.2 Å². The summed E-state index contributed by atoms with van der Waals surface area (Å²) in [5.74, 6) is -0.307. The lowest BCUT2D eigenvalue weighted by atomic mass is 10.1. The fraction of sp³-hybridized carbons (Fsp3) is 0.500. The van der Waals surface area contributed by atoms with Crippen LogP contribution in [0.4, 0.5) is 4.39 Å². The zero-order valence-electron chi connectivity index (χ0n) is 9.38. The van der Waals surface area contributed by atoms with Crippen LogP contribution < -0.4 is 5.73 Å². The van der Waals surface area contributed by atoms with E-state index in [4.69, 9.17) is 22.1 Å². The maximum Gasteiger partial charge on any atom is 0.127 e. The largest absolute Gasteiger partial charge is 0.380 e. The molecule has 2 nitrogen and oxygen atoms in total. The van der Waals surface area contributed by atoms with Crippen molar-refractivity contribution in [3.63, 3.8) is 0 Å². The highest BCUT2D eigenvalue weighted by Crippen LogP contribution is 2.20. The van der Waals surface area contributed by atoms with Gasteiger partial charge in [0, 0.05) is 23.2 Å². The van der Waals surface area contributed by atoms with Crippen molar-refractivity contribution in [2.75, 3.05) is 13.2 Å². The van der Waals surface area contributed by atoms with E-state index in [1.54, 1.807) is 12.1 Å². The minimum atomic E-state index is -0.307. The highest BCUT2D eigenvalue weighted by Gasteiger charge is 2.11. The van der Waals surface area contributed by atoms with Crippen molar-refractivity contribution >= 4 is 11.6 Å². The molecule has 0 bridgehead atoms. The quantitative estimate of drug-likeness (QED) is 0.783. The predicted octanol–water partition coefficient (Wildman–Crippen LogP) is 2.78. The Morgan fingerprint density at radius 1 is 1.50 bits per heavy atom. The first-order valence-electron chi connectivity index (χ1n) is 5.41.